The van der Waals surface area contributed by atoms with E-state index >= 15 is 0 Å². The Balaban J connectivity index is 4.60. The highest BCUT2D eigenvalue weighted by Crippen LogP contribution is 2.10. The van der Waals surface area contributed by atoms with E-state index in [1.165, 1.54) is 25.7 Å². The van der Waals surface area contributed by atoms with Gasteiger partial charge in [0.05, 0.1) is 0 Å². The number of esters is 3. The van der Waals surface area contributed by atoms with Gasteiger partial charge in [-0.2, -0.15) is 0 Å². The number of unbranched alkanes of at least 4 members (excludes halogenated alkanes) is 10. The number of hydrogen-bond acceptors (Lipinski definition) is 6. The zero-order valence-corrected chi connectivity index (χ0v) is 42.6. The summed E-state index contributed by atoms with van der Waals surface area (Å²) in [5.74, 6) is -1.06. The van der Waals surface area contributed by atoms with Crippen molar-refractivity contribution in [3.63, 3.8) is 0 Å². The Labute approximate surface area is 410 Å². The lowest BCUT2D eigenvalue weighted by Crippen LogP contribution is -2.30. The van der Waals surface area contributed by atoms with Crippen molar-refractivity contribution in [1.29, 1.82) is 0 Å². The smallest absolute Gasteiger partial charge is 0.306 e. The Morgan fingerprint density at radius 2 is 0.582 bits per heavy atom. The Bertz CT molecular complexity index is 1530. The van der Waals surface area contributed by atoms with Crippen LogP contribution in [-0.4, -0.2) is 37.2 Å². The Morgan fingerprint density at radius 1 is 0.313 bits per heavy atom. The summed E-state index contributed by atoms with van der Waals surface area (Å²) in [7, 11) is 0. The lowest BCUT2D eigenvalue weighted by Gasteiger charge is -2.18. The maximum absolute atomic E-state index is 12.8. The lowest BCUT2D eigenvalue weighted by molar-refractivity contribution is -0.167. The van der Waals surface area contributed by atoms with Crippen LogP contribution in [0.3, 0.4) is 0 Å². The van der Waals surface area contributed by atoms with E-state index in [1.807, 2.05) is 0 Å². The van der Waals surface area contributed by atoms with Crippen LogP contribution >= 0.6 is 0 Å². The third-order valence-electron chi connectivity index (χ3n) is 10.3. The molecule has 0 radical (unpaired) electrons. The average Bonchev–Trinajstić information content (AvgIpc) is 3.33. The fourth-order valence-electron chi connectivity index (χ4n) is 6.40. The van der Waals surface area contributed by atoms with Crippen molar-refractivity contribution >= 4 is 17.9 Å². The second-order valence-corrected chi connectivity index (χ2v) is 16.7. The maximum Gasteiger partial charge on any atom is 0.306 e. The minimum atomic E-state index is -0.837. The lowest BCUT2D eigenvalue weighted by atomic mass is 10.1. The highest BCUT2D eigenvalue weighted by Gasteiger charge is 2.19. The van der Waals surface area contributed by atoms with E-state index < -0.39 is 6.10 Å². The molecule has 67 heavy (non-hydrogen) atoms. The van der Waals surface area contributed by atoms with Crippen molar-refractivity contribution in [2.24, 2.45) is 0 Å². The summed E-state index contributed by atoms with van der Waals surface area (Å²) in [5.41, 5.74) is 0. The molecule has 0 bridgehead atoms. The SMILES string of the molecule is CC/C=C\C/C=C\C/C=C\C/C=C\CCCCC(=O)OC[C@H](COC(=O)CCCCC/C=C\C/C=C\C/C=C\C/C=C\CCCCC)OC(=O)CCCC/C=C\C/C=C\C/C=C\C/C=C\CC. The standard InChI is InChI=1S/C61H94O6/c1-4-7-10-13-16-19-22-25-28-29-30-31-34-36-39-42-45-48-51-54-60(63)66-57-58(67-61(64)55-52-49-46-43-40-37-33-27-24-21-18-15-12-9-6-3)56-65-59(62)53-50-47-44-41-38-35-32-26-23-20-17-14-11-8-5-2/h8-9,11-12,16-21,25-28,30-33,36,38-41,43,58H,4-7,10,13-15,22-24,29,34-35,37,42,44-57H2,1-3H3/b11-8-,12-9-,19-16-,20-17-,21-18-,28-25-,31-30-,32-26-,33-27-,39-36-,41-38-,43-40-/t58-/m1/s1. The van der Waals surface area contributed by atoms with Gasteiger partial charge in [-0.25, -0.2) is 0 Å². The first-order valence-electron chi connectivity index (χ1n) is 26.3. The van der Waals surface area contributed by atoms with E-state index in [4.69, 9.17) is 14.2 Å². The molecule has 6 nitrogen and oxygen atoms in total. The van der Waals surface area contributed by atoms with Crippen LogP contribution in [0.5, 0.6) is 0 Å². The van der Waals surface area contributed by atoms with E-state index in [2.05, 4.69) is 167 Å². The number of hydrogen-bond donors (Lipinski definition) is 0. The largest absolute Gasteiger partial charge is 0.462 e. The summed E-state index contributed by atoms with van der Waals surface area (Å²) in [5, 5.41) is 0. The van der Waals surface area contributed by atoms with Gasteiger partial charge in [0.2, 0.25) is 0 Å². The molecule has 0 aromatic carbocycles. The first-order valence-corrected chi connectivity index (χ1v) is 26.3. The monoisotopic (exact) mass is 923 g/mol. The minimum absolute atomic E-state index is 0.131. The Kier molecular flexibility index (Phi) is 50.1. The van der Waals surface area contributed by atoms with Crippen molar-refractivity contribution < 1.29 is 28.6 Å². The maximum atomic E-state index is 12.8. The predicted octanol–water partition coefficient (Wildman–Crippen LogP) is 17.6. The number of carbonyl (C=O) groups excluding carboxylic acids is 3. The summed E-state index contributed by atoms with van der Waals surface area (Å²) >= 11 is 0. The van der Waals surface area contributed by atoms with Gasteiger partial charge in [0, 0.05) is 19.3 Å². The molecule has 0 aromatic rings. The molecule has 0 aliphatic carbocycles. The van der Waals surface area contributed by atoms with Gasteiger partial charge in [0.1, 0.15) is 13.2 Å². The van der Waals surface area contributed by atoms with Crippen LogP contribution in [0.4, 0.5) is 0 Å². The third kappa shape index (κ3) is 52.1. The number of ether oxygens (including phenoxy) is 3. The zero-order chi connectivity index (χ0) is 48.6. The Morgan fingerprint density at radius 3 is 0.910 bits per heavy atom. The molecule has 0 saturated carbocycles. The van der Waals surface area contributed by atoms with Crippen LogP contribution in [0.25, 0.3) is 0 Å². The summed E-state index contributed by atoms with van der Waals surface area (Å²) in [6, 6.07) is 0. The van der Waals surface area contributed by atoms with Crippen molar-refractivity contribution in [3.8, 4) is 0 Å². The second kappa shape index (κ2) is 53.9. The van der Waals surface area contributed by atoms with Crippen LogP contribution in [0, 0.1) is 0 Å². The first kappa shape index (κ1) is 62.3. The van der Waals surface area contributed by atoms with Gasteiger partial charge < -0.3 is 14.2 Å². The molecule has 0 unspecified atom stereocenters. The van der Waals surface area contributed by atoms with Crippen LogP contribution in [0.15, 0.2) is 146 Å². The van der Waals surface area contributed by atoms with Crippen LogP contribution in [0.2, 0.25) is 0 Å². The van der Waals surface area contributed by atoms with Crippen LogP contribution in [0.1, 0.15) is 201 Å². The van der Waals surface area contributed by atoms with Gasteiger partial charge in [0.25, 0.3) is 0 Å². The second-order valence-electron chi connectivity index (χ2n) is 16.7. The third-order valence-corrected chi connectivity index (χ3v) is 10.3. The van der Waals surface area contributed by atoms with Crippen molar-refractivity contribution in [2.75, 3.05) is 13.2 Å². The van der Waals surface area contributed by atoms with Gasteiger partial charge >= 0.3 is 17.9 Å². The summed E-state index contributed by atoms with van der Waals surface area (Å²) in [4.78, 5) is 38.0. The summed E-state index contributed by atoms with van der Waals surface area (Å²) in [6.45, 7) is 6.25. The van der Waals surface area contributed by atoms with Crippen molar-refractivity contribution in [1.82, 2.24) is 0 Å². The van der Waals surface area contributed by atoms with Crippen molar-refractivity contribution in [3.05, 3.63) is 146 Å². The van der Waals surface area contributed by atoms with E-state index in [0.717, 1.165) is 122 Å². The molecule has 0 rings (SSSR count). The molecule has 0 aromatic heterocycles. The topological polar surface area (TPSA) is 78.9 Å². The quantitative estimate of drug-likeness (QED) is 0.0262. The normalized spacial score (nSPS) is 13.3. The highest BCUT2D eigenvalue weighted by molar-refractivity contribution is 5.71. The molecule has 0 amide bonds. The van der Waals surface area contributed by atoms with Crippen molar-refractivity contribution in [2.45, 2.75) is 207 Å². The Hall–Kier alpha value is -4.71. The minimum Gasteiger partial charge on any atom is -0.462 e. The molecule has 6 heteroatoms. The van der Waals surface area contributed by atoms with Gasteiger partial charge in [-0.15, -0.1) is 0 Å². The fraction of sp³-hybridized carbons (Fsp3) is 0.557. The molecule has 0 fully saturated rings. The molecular formula is C61H94O6. The molecule has 374 valence electrons. The average molecular weight is 923 g/mol. The molecule has 1 atom stereocenters. The van der Waals surface area contributed by atoms with E-state index in [-0.39, 0.29) is 44.0 Å². The molecule has 0 aliphatic heterocycles. The van der Waals surface area contributed by atoms with Gasteiger partial charge in [-0.1, -0.05) is 186 Å². The summed E-state index contributed by atoms with van der Waals surface area (Å²) < 4.78 is 16.7. The zero-order valence-electron chi connectivity index (χ0n) is 42.6. The van der Waals surface area contributed by atoms with Gasteiger partial charge in [-0.3, -0.25) is 14.4 Å². The van der Waals surface area contributed by atoms with Gasteiger partial charge in [-0.05, 0) is 141 Å². The van der Waals surface area contributed by atoms with E-state index in [9.17, 15) is 14.4 Å². The molecule has 0 spiro atoms. The number of rotatable bonds is 45. The summed E-state index contributed by atoms with van der Waals surface area (Å²) in [6.07, 6.45) is 76.9. The van der Waals surface area contributed by atoms with E-state index in [1.54, 1.807) is 0 Å². The molecule has 0 heterocycles. The molecule has 0 saturated heterocycles. The predicted molar refractivity (Wildman–Crippen MR) is 288 cm³/mol. The van der Waals surface area contributed by atoms with Crippen LogP contribution < -0.4 is 0 Å². The molecule has 0 aliphatic rings. The van der Waals surface area contributed by atoms with Crippen LogP contribution in [-0.2, 0) is 28.6 Å². The molecule has 0 N–H and O–H groups in total. The van der Waals surface area contributed by atoms with E-state index in [0.29, 0.717) is 19.3 Å². The highest BCUT2D eigenvalue weighted by atomic mass is 16.6. The van der Waals surface area contributed by atoms with Gasteiger partial charge in [0.15, 0.2) is 6.10 Å². The molecular weight excluding hydrogens is 829 g/mol. The fourth-order valence-corrected chi connectivity index (χ4v) is 6.40. The number of carbonyl (C=O) groups is 3. The first-order chi connectivity index (χ1) is 33.0. The number of allylic oxidation sites excluding steroid dienone is 24.